The number of aryl methyl sites for hydroxylation is 1. The van der Waals surface area contributed by atoms with Crippen molar-refractivity contribution in [2.24, 2.45) is 16.6 Å². The summed E-state index contributed by atoms with van der Waals surface area (Å²) in [5.74, 6) is 5.29. The van der Waals surface area contributed by atoms with E-state index in [1.807, 2.05) is 12.3 Å². The summed E-state index contributed by atoms with van der Waals surface area (Å²) in [5.41, 5.74) is 8.66. The molecule has 0 radical (unpaired) electrons. The second-order valence-corrected chi connectivity index (χ2v) is 3.58. The number of guanidine groups is 1. The second-order valence-electron chi connectivity index (χ2n) is 2.52. The number of aromatic nitrogens is 1. The van der Waals surface area contributed by atoms with Crippen molar-refractivity contribution in [3.05, 3.63) is 16.1 Å². The molecule has 0 fully saturated rings. The van der Waals surface area contributed by atoms with Gasteiger partial charge in [0.2, 0.25) is 5.96 Å². The molecule has 1 aromatic rings. The minimum absolute atomic E-state index is 0.256. The van der Waals surface area contributed by atoms with Crippen LogP contribution in [0.5, 0.6) is 0 Å². The third-order valence-electron chi connectivity index (χ3n) is 1.46. The average Bonchev–Trinajstić information content (AvgIpc) is 2.51. The average molecular weight is 199 g/mol. The lowest BCUT2D eigenvalue weighted by atomic mass is 10.3. The van der Waals surface area contributed by atoms with Crippen molar-refractivity contribution in [3.63, 3.8) is 0 Å². The smallest absolute Gasteiger partial charge is 0.203 e. The first kappa shape index (κ1) is 9.94. The molecular formula is C7H13N5S. The van der Waals surface area contributed by atoms with Crippen LogP contribution in [-0.4, -0.2) is 17.5 Å². The molecule has 6 heteroatoms. The maximum Gasteiger partial charge on any atom is 0.203 e. The normalized spacial score (nSPS) is 11.7. The molecule has 72 valence electrons. The van der Waals surface area contributed by atoms with Gasteiger partial charge in [0, 0.05) is 18.3 Å². The topological polar surface area (TPSA) is 89.3 Å². The number of hydrazine groups is 1. The van der Waals surface area contributed by atoms with Crippen molar-refractivity contribution < 1.29 is 0 Å². The Morgan fingerprint density at radius 2 is 2.54 bits per heavy atom. The third kappa shape index (κ3) is 3.39. The molecule has 0 saturated heterocycles. The summed E-state index contributed by atoms with van der Waals surface area (Å²) < 4.78 is 0. The maximum absolute atomic E-state index is 5.34. The molecule has 0 spiro atoms. The first-order valence-corrected chi connectivity index (χ1v) is 4.78. The maximum atomic E-state index is 5.34. The lowest BCUT2D eigenvalue weighted by molar-refractivity contribution is 0.901. The van der Waals surface area contributed by atoms with Crippen LogP contribution in [0, 0.1) is 6.92 Å². The van der Waals surface area contributed by atoms with Crippen LogP contribution in [0.25, 0.3) is 0 Å². The summed E-state index contributed by atoms with van der Waals surface area (Å²) in [4.78, 5) is 8.26. The quantitative estimate of drug-likeness (QED) is 0.271. The lowest BCUT2D eigenvalue weighted by Gasteiger charge is -1.96. The fourth-order valence-electron chi connectivity index (χ4n) is 0.860. The molecule has 0 amide bonds. The molecule has 0 unspecified atom stereocenters. The molecule has 1 aromatic heterocycles. The summed E-state index contributed by atoms with van der Waals surface area (Å²) in [5, 5.41) is 3.10. The predicted molar refractivity (Wildman–Crippen MR) is 54.4 cm³/mol. The van der Waals surface area contributed by atoms with Gasteiger partial charge in [-0.15, -0.1) is 11.3 Å². The van der Waals surface area contributed by atoms with Gasteiger partial charge in [-0.2, -0.15) is 0 Å². The van der Waals surface area contributed by atoms with E-state index in [9.17, 15) is 0 Å². The van der Waals surface area contributed by atoms with Gasteiger partial charge in [0.15, 0.2) is 0 Å². The number of hydrogen-bond donors (Lipinski definition) is 3. The van der Waals surface area contributed by atoms with E-state index in [0.717, 1.165) is 17.1 Å². The zero-order chi connectivity index (χ0) is 9.68. The van der Waals surface area contributed by atoms with Crippen LogP contribution in [-0.2, 0) is 6.42 Å². The predicted octanol–water partition coefficient (Wildman–Crippen LogP) is -0.228. The van der Waals surface area contributed by atoms with Gasteiger partial charge in [-0.1, -0.05) is 0 Å². The van der Waals surface area contributed by atoms with Crippen molar-refractivity contribution in [1.29, 1.82) is 0 Å². The van der Waals surface area contributed by atoms with Crippen LogP contribution in [0.1, 0.15) is 10.7 Å². The second kappa shape index (κ2) is 4.78. The molecular weight excluding hydrogens is 186 g/mol. The van der Waals surface area contributed by atoms with Gasteiger partial charge in [0.25, 0.3) is 0 Å². The first-order chi connectivity index (χ1) is 6.22. The van der Waals surface area contributed by atoms with Gasteiger partial charge in [-0.05, 0) is 6.92 Å². The van der Waals surface area contributed by atoms with Gasteiger partial charge < -0.3 is 5.73 Å². The summed E-state index contributed by atoms with van der Waals surface area (Å²) in [7, 11) is 0. The Kier molecular flexibility index (Phi) is 3.66. The first-order valence-electron chi connectivity index (χ1n) is 3.90. The Balaban J connectivity index is 2.35. The number of rotatable bonds is 3. The highest BCUT2D eigenvalue weighted by molar-refractivity contribution is 7.09. The van der Waals surface area contributed by atoms with E-state index >= 15 is 0 Å². The molecule has 0 aliphatic heterocycles. The number of nitrogens with two attached hydrogens (primary N) is 2. The summed E-state index contributed by atoms with van der Waals surface area (Å²) >= 11 is 1.64. The Hall–Kier alpha value is -1.14. The van der Waals surface area contributed by atoms with Crippen molar-refractivity contribution >= 4 is 17.3 Å². The molecule has 0 saturated carbocycles. The van der Waals surface area contributed by atoms with Crippen LogP contribution in [0.3, 0.4) is 0 Å². The molecule has 0 bridgehead atoms. The lowest BCUT2D eigenvalue weighted by Crippen LogP contribution is -2.37. The van der Waals surface area contributed by atoms with Crippen LogP contribution < -0.4 is 17.0 Å². The SMILES string of the molecule is Cc1nc(CCN=C(N)NN)cs1. The molecule has 0 aliphatic rings. The van der Waals surface area contributed by atoms with E-state index in [-0.39, 0.29) is 5.96 Å². The number of nitrogens with one attached hydrogen (secondary N) is 1. The van der Waals surface area contributed by atoms with Gasteiger partial charge in [0.1, 0.15) is 0 Å². The van der Waals surface area contributed by atoms with Crippen molar-refractivity contribution in [2.45, 2.75) is 13.3 Å². The van der Waals surface area contributed by atoms with Gasteiger partial charge in [-0.25, -0.2) is 10.8 Å². The molecule has 13 heavy (non-hydrogen) atoms. The van der Waals surface area contributed by atoms with E-state index in [1.54, 1.807) is 11.3 Å². The van der Waals surface area contributed by atoms with Crippen LogP contribution >= 0.6 is 11.3 Å². The number of aliphatic imine (C=N–C) groups is 1. The zero-order valence-corrected chi connectivity index (χ0v) is 8.27. The van der Waals surface area contributed by atoms with Gasteiger partial charge in [0.05, 0.1) is 10.7 Å². The molecule has 1 rings (SSSR count). The molecule has 5 nitrogen and oxygen atoms in total. The highest BCUT2D eigenvalue weighted by Crippen LogP contribution is 2.07. The molecule has 0 atom stereocenters. The molecule has 1 heterocycles. The summed E-state index contributed by atoms with van der Waals surface area (Å²) in [6.07, 6.45) is 0.798. The molecule has 0 aromatic carbocycles. The van der Waals surface area contributed by atoms with E-state index in [4.69, 9.17) is 11.6 Å². The molecule has 0 aliphatic carbocycles. The van der Waals surface area contributed by atoms with Gasteiger partial charge in [-0.3, -0.25) is 10.4 Å². The van der Waals surface area contributed by atoms with Gasteiger partial charge >= 0.3 is 0 Å². The monoisotopic (exact) mass is 199 g/mol. The third-order valence-corrected chi connectivity index (χ3v) is 2.29. The Labute approximate surface area is 80.8 Å². The fourth-order valence-corrected chi connectivity index (χ4v) is 1.51. The van der Waals surface area contributed by atoms with Crippen molar-refractivity contribution in [1.82, 2.24) is 10.4 Å². The highest BCUT2D eigenvalue weighted by Gasteiger charge is 1.96. The Bertz CT molecular complexity index is 293. The number of hydrogen-bond acceptors (Lipinski definition) is 4. The highest BCUT2D eigenvalue weighted by atomic mass is 32.1. The minimum atomic E-state index is 0.256. The van der Waals surface area contributed by atoms with E-state index < -0.39 is 0 Å². The summed E-state index contributed by atoms with van der Waals surface area (Å²) in [6.45, 7) is 2.59. The Morgan fingerprint density at radius 1 is 1.77 bits per heavy atom. The largest absolute Gasteiger partial charge is 0.369 e. The Morgan fingerprint density at radius 3 is 3.08 bits per heavy atom. The van der Waals surface area contributed by atoms with E-state index in [2.05, 4.69) is 15.4 Å². The van der Waals surface area contributed by atoms with Crippen molar-refractivity contribution in [2.75, 3.05) is 6.54 Å². The zero-order valence-electron chi connectivity index (χ0n) is 7.45. The molecule has 5 N–H and O–H groups in total. The standard InChI is InChI=1S/C7H13N5S/c1-5-11-6(4-13-5)2-3-10-7(8)12-9/h4H,2-3,9H2,1H3,(H3,8,10,12). The fraction of sp³-hybridized carbons (Fsp3) is 0.429. The van der Waals surface area contributed by atoms with Crippen LogP contribution in [0.2, 0.25) is 0 Å². The minimum Gasteiger partial charge on any atom is -0.369 e. The number of nitrogens with zero attached hydrogens (tertiary/aromatic N) is 2. The van der Waals surface area contributed by atoms with Crippen LogP contribution in [0.4, 0.5) is 0 Å². The summed E-state index contributed by atoms with van der Waals surface area (Å²) in [6, 6.07) is 0. The van der Waals surface area contributed by atoms with E-state index in [0.29, 0.717) is 6.54 Å². The van der Waals surface area contributed by atoms with E-state index in [1.165, 1.54) is 0 Å². The van der Waals surface area contributed by atoms with Crippen LogP contribution in [0.15, 0.2) is 10.4 Å². The number of thiazole rings is 1. The van der Waals surface area contributed by atoms with Crippen molar-refractivity contribution in [3.8, 4) is 0 Å².